The topological polar surface area (TPSA) is 80.7 Å². The largest absolute Gasteiger partial charge is 0.507 e. The number of ether oxygens (including phenoxy) is 1. The van der Waals surface area contributed by atoms with Crippen molar-refractivity contribution in [3.05, 3.63) is 50.7 Å². The minimum atomic E-state index is -0.564. The number of aromatic hydroxyl groups is 1. The normalized spacial score (nSPS) is 12.8. The molecule has 106 valence electrons. The molecule has 0 saturated carbocycles. The van der Waals surface area contributed by atoms with Gasteiger partial charge in [-0.25, -0.2) is 4.79 Å². The summed E-state index contributed by atoms with van der Waals surface area (Å²) in [6.07, 6.45) is 0. The summed E-state index contributed by atoms with van der Waals surface area (Å²) in [5.41, 5.74) is 0.333. The van der Waals surface area contributed by atoms with Gasteiger partial charge in [-0.1, -0.05) is 12.1 Å². The van der Waals surface area contributed by atoms with Crippen LogP contribution in [0.25, 0.3) is 0 Å². The van der Waals surface area contributed by atoms with Crippen molar-refractivity contribution in [2.75, 3.05) is 6.61 Å². The lowest BCUT2D eigenvalue weighted by Gasteiger charge is -2.14. The van der Waals surface area contributed by atoms with E-state index >= 15 is 0 Å². The van der Waals surface area contributed by atoms with Crippen LogP contribution in [0.4, 0.5) is 0 Å². The van der Waals surface area contributed by atoms with E-state index in [-0.39, 0.29) is 44.6 Å². The molecular weight excluding hydrogens is 292 g/mol. The number of hydrogen-bond donors (Lipinski definition) is 1. The number of carbonyl (C=O) groups is 3. The molecule has 0 amide bonds. The van der Waals surface area contributed by atoms with Crippen LogP contribution in [0.1, 0.15) is 47.8 Å². The van der Waals surface area contributed by atoms with E-state index in [0.717, 1.165) is 11.3 Å². The minimum Gasteiger partial charge on any atom is -0.507 e. The van der Waals surface area contributed by atoms with Crippen molar-refractivity contribution in [3.63, 3.8) is 0 Å². The summed E-state index contributed by atoms with van der Waals surface area (Å²) in [6.45, 7) is 1.89. The van der Waals surface area contributed by atoms with Crippen LogP contribution in [-0.4, -0.2) is 29.2 Å². The number of ketones is 2. The molecule has 1 N–H and O–H groups in total. The van der Waals surface area contributed by atoms with E-state index in [1.165, 1.54) is 24.3 Å². The summed E-state index contributed by atoms with van der Waals surface area (Å²) in [5, 5.41) is 9.81. The van der Waals surface area contributed by atoms with Gasteiger partial charge in [0.05, 0.1) is 17.0 Å². The Morgan fingerprint density at radius 1 is 1.24 bits per heavy atom. The zero-order valence-corrected chi connectivity index (χ0v) is 11.8. The molecule has 1 heterocycles. The quantitative estimate of drug-likeness (QED) is 0.735. The van der Waals surface area contributed by atoms with Gasteiger partial charge in [0.2, 0.25) is 5.78 Å². The van der Waals surface area contributed by atoms with E-state index in [9.17, 15) is 19.5 Å². The molecule has 3 rings (SSSR count). The molecular formula is C15H10O5S. The maximum atomic E-state index is 12.4. The van der Waals surface area contributed by atoms with E-state index in [4.69, 9.17) is 4.74 Å². The molecule has 6 heteroatoms. The number of phenolic OH excluding ortho intramolecular Hbond substituents is 1. The Morgan fingerprint density at radius 2 is 2.00 bits per heavy atom. The lowest BCUT2D eigenvalue weighted by atomic mass is 9.88. The Kier molecular flexibility index (Phi) is 3.10. The average Bonchev–Trinajstić information content (AvgIpc) is 2.90. The number of phenols is 1. The van der Waals surface area contributed by atoms with Gasteiger partial charge in [0.15, 0.2) is 5.78 Å². The zero-order chi connectivity index (χ0) is 15.1. The van der Waals surface area contributed by atoms with E-state index in [2.05, 4.69) is 0 Å². The molecule has 1 aliphatic rings. The van der Waals surface area contributed by atoms with Gasteiger partial charge in [-0.05, 0) is 19.1 Å². The predicted molar refractivity (Wildman–Crippen MR) is 75.2 cm³/mol. The third-order valence-corrected chi connectivity index (χ3v) is 4.29. The van der Waals surface area contributed by atoms with Crippen LogP contribution in [0, 0.1) is 0 Å². The highest BCUT2D eigenvalue weighted by atomic mass is 32.1. The van der Waals surface area contributed by atoms with E-state index < -0.39 is 11.8 Å². The molecule has 0 fully saturated rings. The van der Waals surface area contributed by atoms with Crippen molar-refractivity contribution >= 4 is 28.9 Å². The van der Waals surface area contributed by atoms with Gasteiger partial charge < -0.3 is 9.84 Å². The molecule has 1 aromatic carbocycles. The summed E-state index contributed by atoms with van der Waals surface area (Å²) < 4.78 is 4.88. The Bertz CT molecular complexity index is 787. The van der Waals surface area contributed by atoms with Gasteiger partial charge in [0, 0.05) is 11.1 Å². The Morgan fingerprint density at radius 3 is 2.71 bits per heavy atom. The second-order valence-corrected chi connectivity index (χ2v) is 5.48. The molecule has 2 aromatic rings. The second-order valence-electron chi connectivity index (χ2n) is 4.43. The van der Waals surface area contributed by atoms with Crippen LogP contribution in [0.5, 0.6) is 5.75 Å². The van der Waals surface area contributed by atoms with Crippen molar-refractivity contribution in [2.24, 2.45) is 0 Å². The van der Waals surface area contributed by atoms with Crippen LogP contribution in [-0.2, 0) is 4.74 Å². The summed E-state index contributed by atoms with van der Waals surface area (Å²) in [6, 6.07) is 5.73. The SMILES string of the molecule is CCOC(=O)c1cc2c(s1)C(=O)c1c(O)cccc1C2=O. The number of thiophene rings is 1. The molecule has 0 bridgehead atoms. The summed E-state index contributed by atoms with van der Waals surface area (Å²) in [4.78, 5) is 36.9. The first-order valence-electron chi connectivity index (χ1n) is 6.27. The molecule has 1 aromatic heterocycles. The summed E-state index contributed by atoms with van der Waals surface area (Å²) >= 11 is 0.912. The predicted octanol–water partition coefficient (Wildman–Crippen LogP) is 2.41. The standard InChI is InChI=1S/C15H10O5S/c1-2-20-15(19)10-6-8-12(17)7-4-3-5-9(16)11(7)13(18)14(8)21-10/h3-6,16H,2H2,1H3. The molecule has 1 aliphatic carbocycles. The van der Waals surface area contributed by atoms with Gasteiger partial charge in [-0.2, -0.15) is 0 Å². The van der Waals surface area contributed by atoms with E-state index in [1.54, 1.807) is 6.92 Å². The van der Waals surface area contributed by atoms with Gasteiger partial charge in [0.25, 0.3) is 0 Å². The lowest BCUT2D eigenvalue weighted by Crippen LogP contribution is -2.18. The van der Waals surface area contributed by atoms with E-state index in [1.807, 2.05) is 0 Å². The monoisotopic (exact) mass is 302 g/mol. The number of esters is 1. The number of fused-ring (bicyclic) bond motifs is 2. The molecule has 0 saturated heterocycles. The van der Waals surface area contributed by atoms with Crippen LogP contribution >= 0.6 is 11.3 Å². The Hall–Kier alpha value is -2.47. The van der Waals surface area contributed by atoms with Crippen LogP contribution in [0.2, 0.25) is 0 Å². The Balaban J connectivity index is 2.15. The fraction of sp³-hybridized carbons (Fsp3) is 0.133. The first-order chi connectivity index (χ1) is 10.0. The van der Waals surface area contributed by atoms with Crippen molar-refractivity contribution in [3.8, 4) is 5.75 Å². The van der Waals surface area contributed by atoms with Crippen molar-refractivity contribution in [1.29, 1.82) is 0 Å². The third-order valence-electron chi connectivity index (χ3n) is 3.17. The highest BCUT2D eigenvalue weighted by Gasteiger charge is 2.34. The van der Waals surface area contributed by atoms with Crippen molar-refractivity contribution in [1.82, 2.24) is 0 Å². The smallest absolute Gasteiger partial charge is 0.348 e. The average molecular weight is 302 g/mol. The van der Waals surface area contributed by atoms with Gasteiger partial charge in [-0.3, -0.25) is 9.59 Å². The fourth-order valence-electron chi connectivity index (χ4n) is 2.26. The Labute approximate surface area is 123 Å². The minimum absolute atomic E-state index is 0.00717. The van der Waals surface area contributed by atoms with Crippen molar-refractivity contribution in [2.45, 2.75) is 6.92 Å². The highest BCUT2D eigenvalue weighted by Crippen LogP contribution is 2.36. The maximum absolute atomic E-state index is 12.4. The summed E-state index contributed by atoms with van der Waals surface area (Å²) in [7, 11) is 0. The molecule has 0 spiro atoms. The third kappa shape index (κ3) is 1.95. The first-order valence-corrected chi connectivity index (χ1v) is 7.08. The molecule has 0 atom stereocenters. The van der Waals surface area contributed by atoms with Gasteiger partial charge in [0.1, 0.15) is 10.6 Å². The fourth-order valence-corrected chi connectivity index (χ4v) is 3.25. The number of rotatable bonds is 2. The zero-order valence-electron chi connectivity index (χ0n) is 11.0. The second kappa shape index (κ2) is 4.82. The van der Waals surface area contributed by atoms with Crippen LogP contribution in [0.15, 0.2) is 24.3 Å². The lowest BCUT2D eigenvalue weighted by molar-refractivity contribution is 0.0532. The van der Waals surface area contributed by atoms with Gasteiger partial charge in [-0.15, -0.1) is 11.3 Å². The maximum Gasteiger partial charge on any atom is 0.348 e. The number of carbonyl (C=O) groups excluding carboxylic acids is 3. The first kappa shape index (κ1) is 13.5. The van der Waals surface area contributed by atoms with Crippen molar-refractivity contribution < 1.29 is 24.2 Å². The number of hydrogen-bond acceptors (Lipinski definition) is 6. The van der Waals surface area contributed by atoms with E-state index in [0.29, 0.717) is 0 Å². The molecule has 0 unspecified atom stereocenters. The molecule has 0 radical (unpaired) electrons. The van der Waals surface area contributed by atoms with Crippen LogP contribution in [0.3, 0.4) is 0 Å². The molecule has 0 aliphatic heterocycles. The number of benzene rings is 1. The summed E-state index contributed by atoms with van der Waals surface area (Å²) in [5.74, 6) is -1.62. The highest BCUT2D eigenvalue weighted by molar-refractivity contribution is 7.16. The van der Waals surface area contributed by atoms with Gasteiger partial charge >= 0.3 is 5.97 Å². The molecule has 5 nitrogen and oxygen atoms in total. The molecule has 21 heavy (non-hydrogen) atoms. The van der Waals surface area contributed by atoms with Crippen LogP contribution < -0.4 is 0 Å².